The van der Waals surface area contributed by atoms with E-state index in [1.165, 1.54) is 5.56 Å². The van der Waals surface area contributed by atoms with Crippen molar-refractivity contribution >= 4 is 17.9 Å². The monoisotopic (exact) mass is 448 g/mol. The lowest BCUT2D eigenvalue weighted by Crippen LogP contribution is -2.44. The molecule has 1 fully saturated rings. The van der Waals surface area contributed by atoms with Crippen LogP contribution in [0.3, 0.4) is 0 Å². The second-order valence-corrected chi connectivity index (χ2v) is 9.10. The minimum absolute atomic E-state index is 0.0101. The van der Waals surface area contributed by atoms with Crippen molar-refractivity contribution in [3.63, 3.8) is 0 Å². The fourth-order valence-electron chi connectivity index (χ4n) is 4.02. The number of ether oxygens (including phenoxy) is 1. The third kappa shape index (κ3) is 8.08. The van der Waals surface area contributed by atoms with Gasteiger partial charge in [0.05, 0.1) is 6.10 Å². The number of aryl methyl sites for hydroxylation is 1. The first-order valence-corrected chi connectivity index (χ1v) is 12.0. The number of nitrogens with zero attached hydrogens (tertiary/aromatic N) is 1. The Hall–Kier alpha value is -3.08. The van der Waals surface area contributed by atoms with E-state index in [1.54, 1.807) is 6.08 Å². The van der Waals surface area contributed by atoms with Crippen molar-refractivity contribution in [3.8, 4) is 5.75 Å². The van der Waals surface area contributed by atoms with Crippen LogP contribution in [0.15, 0.2) is 60.7 Å². The van der Waals surface area contributed by atoms with Gasteiger partial charge in [-0.25, -0.2) is 0 Å². The number of likely N-dealkylation sites (tertiary alicyclic amines) is 1. The van der Waals surface area contributed by atoms with E-state index in [1.807, 2.05) is 67.3 Å². The second-order valence-electron chi connectivity index (χ2n) is 9.10. The SMILES string of the molecule is CC(CCc1ccc(OC(C)C)cc1)NC(=O)C1CCN(C(=O)/C=C/c2ccccc2)CC1. The molecule has 176 valence electrons. The molecule has 0 bridgehead atoms. The predicted octanol–water partition coefficient (Wildman–Crippen LogP) is 4.86. The van der Waals surface area contributed by atoms with Crippen molar-refractivity contribution in [1.29, 1.82) is 0 Å². The highest BCUT2D eigenvalue weighted by Crippen LogP contribution is 2.19. The van der Waals surface area contributed by atoms with Crippen molar-refractivity contribution < 1.29 is 14.3 Å². The van der Waals surface area contributed by atoms with Crippen molar-refractivity contribution in [2.45, 2.75) is 58.6 Å². The maximum atomic E-state index is 12.7. The van der Waals surface area contributed by atoms with Crippen LogP contribution >= 0.6 is 0 Å². The van der Waals surface area contributed by atoms with Gasteiger partial charge in [0.2, 0.25) is 11.8 Å². The molecule has 0 radical (unpaired) electrons. The van der Waals surface area contributed by atoms with E-state index in [4.69, 9.17) is 4.74 Å². The number of rotatable bonds is 9. The summed E-state index contributed by atoms with van der Waals surface area (Å²) < 4.78 is 5.69. The summed E-state index contributed by atoms with van der Waals surface area (Å²) >= 11 is 0. The number of carbonyl (C=O) groups excluding carboxylic acids is 2. The van der Waals surface area contributed by atoms with Gasteiger partial charge in [0.15, 0.2) is 0 Å². The van der Waals surface area contributed by atoms with Crippen LogP contribution < -0.4 is 10.1 Å². The van der Waals surface area contributed by atoms with Gasteiger partial charge in [0, 0.05) is 31.1 Å². The maximum absolute atomic E-state index is 12.7. The molecule has 3 rings (SSSR count). The quantitative estimate of drug-likeness (QED) is 0.557. The summed E-state index contributed by atoms with van der Waals surface area (Å²) in [6, 6.07) is 18.1. The van der Waals surface area contributed by atoms with E-state index < -0.39 is 0 Å². The van der Waals surface area contributed by atoms with Crippen LogP contribution in [0.2, 0.25) is 0 Å². The second kappa shape index (κ2) is 12.2. The lowest BCUT2D eigenvalue weighted by atomic mass is 9.95. The lowest BCUT2D eigenvalue weighted by Gasteiger charge is -2.31. The summed E-state index contributed by atoms with van der Waals surface area (Å²) in [6.07, 6.45) is 6.85. The molecule has 1 unspecified atom stereocenters. The van der Waals surface area contributed by atoms with Gasteiger partial charge < -0.3 is 15.0 Å². The molecule has 5 nitrogen and oxygen atoms in total. The molecule has 1 saturated heterocycles. The van der Waals surface area contributed by atoms with Crippen LogP contribution in [0.1, 0.15) is 51.2 Å². The molecular weight excluding hydrogens is 412 g/mol. The molecule has 5 heteroatoms. The van der Waals surface area contributed by atoms with Gasteiger partial charge in [0.1, 0.15) is 5.75 Å². The zero-order chi connectivity index (χ0) is 23.6. The molecule has 33 heavy (non-hydrogen) atoms. The average Bonchev–Trinajstić information content (AvgIpc) is 2.82. The molecule has 1 heterocycles. The minimum Gasteiger partial charge on any atom is -0.491 e. The van der Waals surface area contributed by atoms with E-state index in [-0.39, 0.29) is 29.9 Å². The summed E-state index contributed by atoms with van der Waals surface area (Å²) in [5, 5.41) is 3.17. The Bertz CT molecular complexity index is 914. The molecular formula is C28H36N2O3. The van der Waals surface area contributed by atoms with Crippen LogP contribution in [0, 0.1) is 5.92 Å². The first-order chi connectivity index (χ1) is 15.9. The Kier molecular flexibility index (Phi) is 9.11. The Balaban J connectivity index is 1.37. The van der Waals surface area contributed by atoms with E-state index in [0.717, 1.165) is 24.2 Å². The van der Waals surface area contributed by atoms with Gasteiger partial charge >= 0.3 is 0 Å². The third-order valence-corrected chi connectivity index (χ3v) is 5.95. The van der Waals surface area contributed by atoms with E-state index in [2.05, 4.69) is 24.4 Å². The molecule has 0 aliphatic carbocycles. The molecule has 2 amide bonds. The molecule has 2 aromatic rings. The van der Waals surface area contributed by atoms with Crippen LogP contribution in [-0.2, 0) is 16.0 Å². The van der Waals surface area contributed by atoms with Gasteiger partial charge in [-0.2, -0.15) is 0 Å². The van der Waals surface area contributed by atoms with E-state index >= 15 is 0 Å². The molecule has 1 aliphatic rings. The molecule has 0 aromatic heterocycles. The van der Waals surface area contributed by atoms with Crippen LogP contribution in [0.4, 0.5) is 0 Å². The van der Waals surface area contributed by atoms with Crippen molar-refractivity contribution in [2.24, 2.45) is 5.92 Å². The summed E-state index contributed by atoms with van der Waals surface area (Å²) in [5.74, 6) is 0.976. The standard InChI is InChI=1S/C28H36N2O3/c1-21(2)33-26-14-11-24(12-15-26)10-9-22(3)29-28(32)25-17-19-30(20-18-25)27(31)16-13-23-7-5-4-6-8-23/h4-8,11-16,21-22,25H,9-10,17-20H2,1-3H3,(H,29,32)/b16-13+. The number of nitrogens with one attached hydrogen (secondary N) is 1. The highest BCUT2D eigenvalue weighted by atomic mass is 16.5. The maximum Gasteiger partial charge on any atom is 0.246 e. The van der Waals surface area contributed by atoms with Gasteiger partial charge in [-0.1, -0.05) is 42.5 Å². The molecule has 1 N–H and O–H groups in total. The molecule has 1 aliphatic heterocycles. The van der Waals surface area contributed by atoms with Crippen LogP contribution in [-0.4, -0.2) is 41.9 Å². The smallest absolute Gasteiger partial charge is 0.246 e. The number of hydrogen-bond donors (Lipinski definition) is 1. The van der Waals surface area contributed by atoms with Gasteiger partial charge in [0.25, 0.3) is 0 Å². The van der Waals surface area contributed by atoms with Crippen molar-refractivity contribution in [3.05, 3.63) is 71.8 Å². The normalized spacial score (nSPS) is 15.6. The molecule has 0 saturated carbocycles. The van der Waals surface area contributed by atoms with Gasteiger partial charge in [-0.3, -0.25) is 9.59 Å². The Morgan fingerprint density at radius 3 is 2.33 bits per heavy atom. The summed E-state index contributed by atoms with van der Waals surface area (Å²) in [6.45, 7) is 7.33. The number of piperidine rings is 1. The first kappa shape index (κ1) is 24.6. The largest absolute Gasteiger partial charge is 0.491 e. The van der Waals surface area contributed by atoms with Crippen LogP contribution in [0.25, 0.3) is 6.08 Å². The zero-order valence-electron chi connectivity index (χ0n) is 20.0. The summed E-state index contributed by atoms with van der Waals surface area (Å²) in [5.41, 5.74) is 2.25. The Morgan fingerprint density at radius 1 is 1.03 bits per heavy atom. The highest BCUT2D eigenvalue weighted by molar-refractivity contribution is 5.92. The summed E-state index contributed by atoms with van der Waals surface area (Å²) in [4.78, 5) is 27.0. The lowest BCUT2D eigenvalue weighted by molar-refractivity contribution is -0.132. The van der Waals surface area contributed by atoms with Gasteiger partial charge in [-0.15, -0.1) is 0 Å². The van der Waals surface area contributed by atoms with E-state index in [9.17, 15) is 9.59 Å². The third-order valence-electron chi connectivity index (χ3n) is 5.95. The number of benzene rings is 2. The van der Waals surface area contributed by atoms with Gasteiger partial charge in [-0.05, 0) is 75.8 Å². The number of carbonyl (C=O) groups is 2. The minimum atomic E-state index is -0.0259. The number of hydrogen-bond acceptors (Lipinski definition) is 3. The van der Waals surface area contributed by atoms with Crippen molar-refractivity contribution in [1.82, 2.24) is 10.2 Å². The highest BCUT2D eigenvalue weighted by Gasteiger charge is 2.27. The van der Waals surface area contributed by atoms with E-state index in [0.29, 0.717) is 25.9 Å². The Morgan fingerprint density at radius 2 is 1.70 bits per heavy atom. The average molecular weight is 449 g/mol. The first-order valence-electron chi connectivity index (χ1n) is 12.0. The zero-order valence-corrected chi connectivity index (χ0v) is 20.0. The predicted molar refractivity (Wildman–Crippen MR) is 133 cm³/mol. The summed E-state index contributed by atoms with van der Waals surface area (Å²) in [7, 11) is 0. The number of amides is 2. The fourth-order valence-corrected chi connectivity index (χ4v) is 4.02. The fraction of sp³-hybridized carbons (Fsp3) is 0.429. The van der Waals surface area contributed by atoms with Crippen molar-refractivity contribution in [2.75, 3.05) is 13.1 Å². The molecule has 0 spiro atoms. The topological polar surface area (TPSA) is 58.6 Å². The Labute approximate surface area is 197 Å². The molecule has 2 aromatic carbocycles. The molecule has 1 atom stereocenters. The van der Waals surface area contributed by atoms with Crippen LogP contribution in [0.5, 0.6) is 5.75 Å².